The summed E-state index contributed by atoms with van der Waals surface area (Å²) >= 11 is 0. The largest absolute Gasteiger partial charge is 0.299 e. The number of aryl methyl sites for hydroxylation is 1. The van der Waals surface area contributed by atoms with Crippen LogP contribution in [-0.4, -0.2) is 23.8 Å². The van der Waals surface area contributed by atoms with E-state index in [2.05, 4.69) is 35.2 Å². The van der Waals surface area contributed by atoms with Crippen molar-refractivity contribution < 1.29 is 4.79 Å². The summed E-state index contributed by atoms with van der Waals surface area (Å²) in [4.78, 5) is 15.1. The van der Waals surface area contributed by atoms with Crippen molar-refractivity contribution in [1.82, 2.24) is 4.90 Å². The minimum atomic E-state index is 0.301. The second-order valence-electron chi connectivity index (χ2n) is 6.67. The molecule has 0 aromatic heterocycles. The molecular weight excluding hydrogens is 282 g/mol. The molecule has 1 saturated heterocycles. The Bertz CT molecular complexity index is 650. The molecule has 23 heavy (non-hydrogen) atoms. The Labute approximate surface area is 139 Å². The number of likely N-dealkylation sites (tertiary alicyclic amines) is 1. The number of nitrogens with zero attached hydrogens (tertiary/aromatic N) is 1. The van der Waals surface area contributed by atoms with E-state index >= 15 is 0 Å². The van der Waals surface area contributed by atoms with E-state index in [1.807, 2.05) is 31.2 Å². The van der Waals surface area contributed by atoms with Crippen LogP contribution in [0.5, 0.6) is 0 Å². The van der Waals surface area contributed by atoms with E-state index in [1.165, 1.54) is 18.4 Å². The van der Waals surface area contributed by atoms with Gasteiger partial charge in [-0.2, -0.15) is 0 Å². The lowest BCUT2D eigenvalue weighted by molar-refractivity contribution is 0.0912. The molecule has 1 heterocycles. The van der Waals surface area contributed by atoms with Crippen molar-refractivity contribution in [3.05, 3.63) is 71.3 Å². The summed E-state index contributed by atoms with van der Waals surface area (Å²) in [6.45, 7) is 5.20. The molecule has 1 atom stereocenters. The summed E-state index contributed by atoms with van der Waals surface area (Å²) in [5.74, 6) is 0.786. The van der Waals surface area contributed by atoms with Crippen LogP contribution < -0.4 is 0 Å². The van der Waals surface area contributed by atoms with E-state index < -0.39 is 0 Å². The number of carbonyl (C=O) groups is 1. The van der Waals surface area contributed by atoms with Crippen LogP contribution in [0.3, 0.4) is 0 Å². The summed E-state index contributed by atoms with van der Waals surface area (Å²) in [6, 6.07) is 18.6. The second-order valence-corrected chi connectivity index (χ2v) is 6.67. The molecule has 0 spiro atoms. The minimum absolute atomic E-state index is 0.301. The number of Topliss-reactive ketones (excluding diaryl/α,β-unsaturated/α-hetero) is 1. The maximum absolute atomic E-state index is 12.6. The second kappa shape index (κ2) is 7.56. The third-order valence-corrected chi connectivity index (χ3v) is 4.77. The molecule has 1 fully saturated rings. The maximum Gasteiger partial charge on any atom is 0.163 e. The number of hydrogen-bond donors (Lipinski definition) is 0. The van der Waals surface area contributed by atoms with E-state index in [0.717, 1.165) is 30.8 Å². The van der Waals surface area contributed by atoms with Gasteiger partial charge in [-0.25, -0.2) is 0 Å². The first kappa shape index (κ1) is 15.9. The number of carbonyl (C=O) groups excluding carboxylic acids is 1. The zero-order chi connectivity index (χ0) is 16.1. The van der Waals surface area contributed by atoms with Crippen molar-refractivity contribution in [2.24, 2.45) is 5.92 Å². The van der Waals surface area contributed by atoms with E-state index in [9.17, 15) is 4.79 Å². The van der Waals surface area contributed by atoms with Gasteiger partial charge in [0.15, 0.2) is 5.78 Å². The zero-order valence-corrected chi connectivity index (χ0v) is 13.9. The predicted molar refractivity (Wildman–Crippen MR) is 94.6 cm³/mol. The lowest BCUT2D eigenvalue weighted by Crippen LogP contribution is -2.35. The number of hydrogen-bond acceptors (Lipinski definition) is 2. The van der Waals surface area contributed by atoms with Gasteiger partial charge in [-0.05, 0) is 43.4 Å². The van der Waals surface area contributed by atoms with Crippen LogP contribution in [0.4, 0.5) is 0 Å². The SMILES string of the molecule is Cc1ccccc1C(=O)C[C@@H]1CCCN(Cc2ccccc2)C1. The number of piperidine rings is 1. The Morgan fingerprint density at radius 1 is 1.09 bits per heavy atom. The molecule has 0 N–H and O–H groups in total. The van der Waals surface area contributed by atoms with Crippen LogP contribution in [-0.2, 0) is 6.54 Å². The molecule has 2 heteroatoms. The maximum atomic E-state index is 12.6. The topological polar surface area (TPSA) is 20.3 Å². The number of ketones is 1. The van der Waals surface area contributed by atoms with Gasteiger partial charge in [0.2, 0.25) is 0 Å². The monoisotopic (exact) mass is 307 g/mol. The van der Waals surface area contributed by atoms with Gasteiger partial charge in [-0.3, -0.25) is 9.69 Å². The van der Waals surface area contributed by atoms with Crippen LogP contribution in [0, 0.1) is 12.8 Å². The Morgan fingerprint density at radius 3 is 2.61 bits per heavy atom. The summed E-state index contributed by atoms with van der Waals surface area (Å²) in [5, 5.41) is 0. The van der Waals surface area contributed by atoms with Crippen molar-refractivity contribution in [2.45, 2.75) is 32.7 Å². The molecule has 0 saturated carbocycles. The molecule has 0 bridgehead atoms. The van der Waals surface area contributed by atoms with Gasteiger partial charge >= 0.3 is 0 Å². The molecule has 120 valence electrons. The number of rotatable bonds is 5. The fourth-order valence-electron chi connectivity index (χ4n) is 3.56. The van der Waals surface area contributed by atoms with Crippen molar-refractivity contribution in [2.75, 3.05) is 13.1 Å². The minimum Gasteiger partial charge on any atom is -0.299 e. The highest BCUT2D eigenvalue weighted by Crippen LogP contribution is 2.23. The van der Waals surface area contributed by atoms with Crippen LogP contribution in [0.15, 0.2) is 54.6 Å². The highest BCUT2D eigenvalue weighted by molar-refractivity contribution is 5.97. The van der Waals surface area contributed by atoms with Gasteiger partial charge in [0.1, 0.15) is 0 Å². The Kier molecular flexibility index (Phi) is 5.24. The first-order valence-corrected chi connectivity index (χ1v) is 8.57. The van der Waals surface area contributed by atoms with Gasteiger partial charge < -0.3 is 0 Å². The molecular formula is C21H25NO. The lowest BCUT2D eigenvalue weighted by atomic mass is 9.89. The molecule has 2 nitrogen and oxygen atoms in total. The zero-order valence-electron chi connectivity index (χ0n) is 13.9. The highest BCUT2D eigenvalue weighted by atomic mass is 16.1. The van der Waals surface area contributed by atoms with E-state index in [4.69, 9.17) is 0 Å². The summed E-state index contributed by atoms with van der Waals surface area (Å²) in [7, 11) is 0. The van der Waals surface area contributed by atoms with Crippen LogP contribution >= 0.6 is 0 Å². The van der Waals surface area contributed by atoms with Gasteiger partial charge in [-0.15, -0.1) is 0 Å². The third kappa shape index (κ3) is 4.29. The van der Waals surface area contributed by atoms with Gasteiger partial charge in [0.25, 0.3) is 0 Å². The first-order valence-electron chi connectivity index (χ1n) is 8.57. The Hall–Kier alpha value is -1.93. The van der Waals surface area contributed by atoms with Crippen molar-refractivity contribution >= 4 is 5.78 Å². The molecule has 1 aliphatic heterocycles. The fourth-order valence-corrected chi connectivity index (χ4v) is 3.56. The standard InChI is InChI=1S/C21H25NO/c1-17-8-5-6-12-20(17)21(23)14-19-11-7-13-22(16-19)15-18-9-3-2-4-10-18/h2-6,8-10,12,19H,7,11,13-16H2,1H3/t19-/m0/s1. The molecule has 2 aromatic carbocycles. The smallest absolute Gasteiger partial charge is 0.163 e. The van der Waals surface area contributed by atoms with Crippen molar-refractivity contribution in [3.63, 3.8) is 0 Å². The summed E-state index contributed by atoms with van der Waals surface area (Å²) in [5.41, 5.74) is 3.35. The third-order valence-electron chi connectivity index (χ3n) is 4.77. The molecule has 0 radical (unpaired) electrons. The average molecular weight is 307 g/mol. The fraction of sp³-hybridized carbons (Fsp3) is 0.381. The van der Waals surface area contributed by atoms with E-state index in [0.29, 0.717) is 18.1 Å². The molecule has 0 amide bonds. The Morgan fingerprint density at radius 2 is 1.83 bits per heavy atom. The van der Waals surface area contributed by atoms with Gasteiger partial charge in [0.05, 0.1) is 0 Å². The molecule has 2 aromatic rings. The first-order chi connectivity index (χ1) is 11.2. The van der Waals surface area contributed by atoms with Crippen LogP contribution in [0.1, 0.15) is 40.7 Å². The van der Waals surface area contributed by atoms with Crippen LogP contribution in [0.25, 0.3) is 0 Å². The van der Waals surface area contributed by atoms with E-state index in [-0.39, 0.29) is 0 Å². The van der Waals surface area contributed by atoms with Gasteiger partial charge in [0, 0.05) is 25.1 Å². The lowest BCUT2D eigenvalue weighted by Gasteiger charge is -2.32. The quantitative estimate of drug-likeness (QED) is 0.759. The summed E-state index contributed by atoms with van der Waals surface area (Å²) < 4.78 is 0. The summed E-state index contributed by atoms with van der Waals surface area (Å²) in [6.07, 6.45) is 3.04. The highest BCUT2D eigenvalue weighted by Gasteiger charge is 2.23. The van der Waals surface area contributed by atoms with Crippen molar-refractivity contribution in [1.29, 1.82) is 0 Å². The predicted octanol–water partition coefficient (Wildman–Crippen LogP) is 4.48. The van der Waals surface area contributed by atoms with Gasteiger partial charge in [-0.1, -0.05) is 54.6 Å². The molecule has 1 aliphatic rings. The van der Waals surface area contributed by atoms with Crippen molar-refractivity contribution in [3.8, 4) is 0 Å². The number of benzene rings is 2. The Balaban J connectivity index is 1.58. The normalized spacial score (nSPS) is 18.7. The molecule has 3 rings (SSSR count). The average Bonchev–Trinajstić information content (AvgIpc) is 2.56. The molecule has 0 unspecified atom stereocenters. The molecule has 0 aliphatic carbocycles. The van der Waals surface area contributed by atoms with E-state index in [1.54, 1.807) is 0 Å². The van der Waals surface area contributed by atoms with Crippen LogP contribution in [0.2, 0.25) is 0 Å².